The molecule has 0 saturated heterocycles. The molecule has 6 atom stereocenters. The molecule has 0 fully saturated rings. The zero-order valence-corrected chi connectivity index (χ0v) is 62.3. The third-order valence-corrected chi connectivity index (χ3v) is 19.5. The van der Waals surface area contributed by atoms with E-state index in [0.29, 0.717) is 31.6 Å². The van der Waals surface area contributed by atoms with Gasteiger partial charge in [-0.25, -0.2) is 9.13 Å². The Hall–Kier alpha value is -1.94. The lowest BCUT2D eigenvalue weighted by atomic mass is 10.00. The van der Waals surface area contributed by atoms with Crippen molar-refractivity contribution < 1.29 is 80.2 Å². The van der Waals surface area contributed by atoms with E-state index in [1.54, 1.807) is 0 Å². The first-order valence-corrected chi connectivity index (χ1v) is 41.5. The Labute approximate surface area is 568 Å². The third-order valence-electron chi connectivity index (χ3n) is 17.6. The zero-order valence-electron chi connectivity index (χ0n) is 60.6. The minimum absolute atomic E-state index is 0.102. The van der Waals surface area contributed by atoms with Crippen LogP contribution in [0.5, 0.6) is 0 Å². The molecule has 93 heavy (non-hydrogen) atoms. The first kappa shape index (κ1) is 91.1. The molecule has 0 rings (SSSR count). The molecular weight excluding hydrogens is 1220 g/mol. The molecule has 0 amide bonds. The average Bonchev–Trinajstić information content (AvgIpc) is 3.62. The molecule has 0 aliphatic rings. The molecule has 3 unspecified atom stereocenters. The molecule has 0 aromatic heterocycles. The SMILES string of the molecule is CCCCCCCCCCCCCCCCCCCCCCC(=O)O[C@H](COC(=O)CCCCCCCCCCCCCCCC)COP(=O)(O)OC[C@@H](O)COP(=O)(O)OC[C@@H](COC(=O)CCCCCCCCC(C)C)OC(=O)CCCCCCCCC(C)CC. The number of unbranched alkanes of at least 4 members (excludes halogenated alkanes) is 42. The fraction of sp³-hybridized carbons (Fsp3) is 0.946. The molecule has 0 spiro atoms. The Bertz CT molecular complexity index is 1810. The lowest BCUT2D eigenvalue weighted by Gasteiger charge is -2.21. The summed E-state index contributed by atoms with van der Waals surface area (Å²) in [6.07, 6.45) is 53.0. The largest absolute Gasteiger partial charge is 0.472 e. The van der Waals surface area contributed by atoms with Gasteiger partial charge in [-0.3, -0.25) is 37.3 Å². The number of hydrogen-bond donors (Lipinski definition) is 3. The van der Waals surface area contributed by atoms with Gasteiger partial charge in [-0.15, -0.1) is 0 Å². The predicted octanol–water partition coefficient (Wildman–Crippen LogP) is 21.6. The molecule has 0 aliphatic carbocycles. The lowest BCUT2D eigenvalue weighted by Crippen LogP contribution is -2.30. The van der Waals surface area contributed by atoms with Gasteiger partial charge >= 0.3 is 39.5 Å². The number of rotatable bonds is 73. The minimum Gasteiger partial charge on any atom is -0.462 e. The van der Waals surface area contributed by atoms with Gasteiger partial charge in [0.25, 0.3) is 0 Å². The van der Waals surface area contributed by atoms with E-state index in [1.807, 2.05) is 0 Å². The molecule has 17 nitrogen and oxygen atoms in total. The van der Waals surface area contributed by atoms with Crippen LogP contribution in [0, 0.1) is 11.8 Å². The van der Waals surface area contributed by atoms with E-state index in [9.17, 15) is 43.2 Å². The fourth-order valence-electron chi connectivity index (χ4n) is 11.3. The number of esters is 4. The number of hydrogen-bond acceptors (Lipinski definition) is 15. The first-order valence-electron chi connectivity index (χ1n) is 38.5. The van der Waals surface area contributed by atoms with Crippen molar-refractivity contribution in [1.82, 2.24) is 0 Å². The molecule has 552 valence electrons. The van der Waals surface area contributed by atoms with Crippen molar-refractivity contribution >= 4 is 39.5 Å². The number of aliphatic hydroxyl groups excluding tert-OH is 1. The van der Waals surface area contributed by atoms with E-state index in [4.69, 9.17) is 37.0 Å². The Kier molecular flexibility index (Phi) is 64.6. The molecule has 0 aromatic carbocycles. The Morgan fingerprint density at radius 1 is 0.312 bits per heavy atom. The van der Waals surface area contributed by atoms with Gasteiger partial charge in [-0.2, -0.15) is 0 Å². The van der Waals surface area contributed by atoms with E-state index in [-0.39, 0.29) is 25.7 Å². The number of phosphoric acid groups is 2. The van der Waals surface area contributed by atoms with E-state index in [2.05, 4.69) is 41.5 Å². The topological polar surface area (TPSA) is 237 Å². The minimum atomic E-state index is -4.96. The molecule has 3 N–H and O–H groups in total. The van der Waals surface area contributed by atoms with Gasteiger partial charge in [0, 0.05) is 25.7 Å². The summed E-state index contributed by atoms with van der Waals surface area (Å²) in [6.45, 7) is 9.44. The highest BCUT2D eigenvalue weighted by atomic mass is 31.2. The molecule has 19 heteroatoms. The van der Waals surface area contributed by atoms with Crippen molar-refractivity contribution in [3.8, 4) is 0 Å². The van der Waals surface area contributed by atoms with Crippen LogP contribution in [0.25, 0.3) is 0 Å². The van der Waals surface area contributed by atoms with Crippen LogP contribution in [0.1, 0.15) is 382 Å². The summed E-state index contributed by atoms with van der Waals surface area (Å²) in [7, 11) is -9.90. The highest BCUT2D eigenvalue weighted by Crippen LogP contribution is 2.45. The highest BCUT2D eigenvalue weighted by molar-refractivity contribution is 7.47. The average molecular weight is 1370 g/mol. The van der Waals surface area contributed by atoms with Crippen LogP contribution < -0.4 is 0 Å². The highest BCUT2D eigenvalue weighted by Gasteiger charge is 2.30. The summed E-state index contributed by atoms with van der Waals surface area (Å²) in [5.74, 6) is -0.724. The number of carbonyl (C=O) groups is 4. The summed E-state index contributed by atoms with van der Waals surface area (Å²) in [6, 6.07) is 0. The quantitative estimate of drug-likeness (QED) is 0.0222. The summed E-state index contributed by atoms with van der Waals surface area (Å²) in [5, 5.41) is 10.6. The summed E-state index contributed by atoms with van der Waals surface area (Å²) in [4.78, 5) is 72.6. The van der Waals surface area contributed by atoms with Crippen molar-refractivity contribution in [2.75, 3.05) is 39.6 Å². The Morgan fingerprint density at radius 3 is 0.817 bits per heavy atom. The number of ether oxygens (including phenoxy) is 4. The summed E-state index contributed by atoms with van der Waals surface area (Å²) >= 11 is 0. The van der Waals surface area contributed by atoms with Gasteiger partial charge in [0.15, 0.2) is 12.2 Å². The van der Waals surface area contributed by atoms with Gasteiger partial charge in [0.05, 0.1) is 26.4 Å². The van der Waals surface area contributed by atoms with E-state index in [1.165, 1.54) is 193 Å². The standard InChI is InChI=1S/C74H144O17P2/c1-7-10-12-14-16-18-20-22-24-25-26-27-28-29-31-33-35-37-46-52-58-73(78)90-69(62-84-71(76)56-50-44-36-34-32-30-23-21-19-17-15-13-11-8-2)64-88-92(80,81)86-60-68(75)61-87-93(82,83)89-65-70(63-85-72(77)57-51-45-40-38-42-48-54-66(4)5)91-74(79)59-53-47-41-39-43-49-55-67(6)9-3/h66-70,75H,7-65H2,1-6H3,(H,80,81)(H,82,83)/t67?,68-,69-,70-/m1/s1. The van der Waals surface area contributed by atoms with Crippen LogP contribution in [0.15, 0.2) is 0 Å². The molecule has 0 bridgehead atoms. The van der Waals surface area contributed by atoms with Crippen molar-refractivity contribution in [3.05, 3.63) is 0 Å². The smallest absolute Gasteiger partial charge is 0.462 e. The van der Waals surface area contributed by atoms with Gasteiger partial charge < -0.3 is 33.8 Å². The molecule has 0 aliphatic heterocycles. The zero-order chi connectivity index (χ0) is 68.6. The predicted molar refractivity (Wildman–Crippen MR) is 377 cm³/mol. The van der Waals surface area contributed by atoms with Gasteiger partial charge in [-0.05, 0) is 37.5 Å². The van der Waals surface area contributed by atoms with Crippen LogP contribution >= 0.6 is 15.6 Å². The maximum Gasteiger partial charge on any atom is 0.472 e. The molecule has 0 aromatic rings. The monoisotopic (exact) mass is 1370 g/mol. The number of carbonyl (C=O) groups excluding carboxylic acids is 4. The summed E-state index contributed by atoms with van der Waals surface area (Å²) < 4.78 is 68.4. The van der Waals surface area contributed by atoms with Crippen LogP contribution in [-0.2, 0) is 65.4 Å². The molecule has 0 saturated carbocycles. The lowest BCUT2D eigenvalue weighted by molar-refractivity contribution is -0.161. The van der Waals surface area contributed by atoms with Crippen LogP contribution in [0.4, 0.5) is 0 Å². The Balaban J connectivity index is 5.20. The van der Waals surface area contributed by atoms with Crippen LogP contribution in [0.3, 0.4) is 0 Å². The van der Waals surface area contributed by atoms with E-state index >= 15 is 0 Å². The summed E-state index contributed by atoms with van der Waals surface area (Å²) in [5.41, 5.74) is 0. The van der Waals surface area contributed by atoms with Crippen molar-refractivity contribution in [2.45, 2.75) is 400 Å². The second-order valence-electron chi connectivity index (χ2n) is 27.4. The van der Waals surface area contributed by atoms with Crippen molar-refractivity contribution in [2.24, 2.45) is 11.8 Å². The van der Waals surface area contributed by atoms with Crippen molar-refractivity contribution in [1.29, 1.82) is 0 Å². The van der Waals surface area contributed by atoms with Gasteiger partial charge in [0.1, 0.15) is 19.3 Å². The number of aliphatic hydroxyl groups is 1. The Morgan fingerprint density at radius 2 is 0.548 bits per heavy atom. The van der Waals surface area contributed by atoms with Crippen LogP contribution in [-0.4, -0.2) is 96.7 Å². The van der Waals surface area contributed by atoms with E-state index < -0.39 is 97.5 Å². The van der Waals surface area contributed by atoms with E-state index in [0.717, 1.165) is 102 Å². The molecular formula is C74H144O17P2. The fourth-order valence-corrected chi connectivity index (χ4v) is 12.8. The maximum atomic E-state index is 13.1. The second-order valence-corrected chi connectivity index (χ2v) is 30.3. The molecule has 0 radical (unpaired) electrons. The van der Waals surface area contributed by atoms with Gasteiger partial charge in [-0.1, -0.05) is 330 Å². The maximum absolute atomic E-state index is 13.1. The first-order chi connectivity index (χ1) is 44.9. The normalized spacial score (nSPS) is 14.3. The van der Waals surface area contributed by atoms with Gasteiger partial charge in [0.2, 0.25) is 0 Å². The molecule has 0 heterocycles. The number of phosphoric ester groups is 2. The second kappa shape index (κ2) is 66.0. The van der Waals surface area contributed by atoms with Crippen molar-refractivity contribution in [3.63, 3.8) is 0 Å². The third kappa shape index (κ3) is 67.0. The van der Waals surface area contributed by atoms with Crippen LogP contribution in [0.2, 0.25) is 0 Å².